The number of ether oxygens (including phenoxy) is 1. The molecule has 0 aromatic heterocycles. The van der Waals surface area contributed by atoms with Gasteiger partial charge in [-0.05, 0) is 64.2 Å². The van der Waals surface area contributed by atoms with Crippen LogP contribution in [0.3, 0.4) is 0 Å². The van der Waals surface area contributed by atoms with Gasteiger partial charge in [-0.25, -0.2) is 0 Å². The molecule has 1 aromatic rings. The standard InChI is InChI=1S/C21H31ClN2O3/c1-14-6-7-15(2)19(16(14)3)27-12-18(25)23-17-8-10-24(11-9-17)20(26)21(4,5)13-22/h6-7,17H,8-13H2,1-5H3,(H,23,25). The van der Waals surface area contributed by atoms with E-state index in [0.717, 1.165) is 35.3 Å². The third-order valence-electron chi connectivity index (χ3n) is 5.28. The highest BCUT2D eigenvalue weighted by Crippen LogP contribution is 2.26. The molecule has 0 atom stereocenters. The van der Waals surface area contributed by atoms with Crippen molar-refractivity contribution in [1.82, 2.24) is 10.2 Å². The van der Waals surface area contributed by atoms with Gasteiger partial charge < -0.3 is 15.0 Å². The Morgan fingerprint density at radius 3 is 2.37 bits per heavy atom. The molecule has 150 valence electrons. The third-order valence-corrected chi connectivity index (χ3v) is 5.95. The number of rotatable bonds is 6. The summed E-state index contributed by atoms with van der Waals surface area (Å²) < 4.78 is 5.78. The Morgan fingerprint density at radius 2 is 1.78 bits per heavy atom. The zero-order valence-corrected chi connectivity index (χ0v) is 17.8. The molecule has 6 heteroatoms. The molecule has 1 heterocycles. The molecule has 0 saturated carbocycles. The quantitative estimate of drug-likeness (QED) is 0.752. The first-order valence-electron chi connectivity index (χ1n) is 9.50. The third kappa shape index (κ3) is 5.38. The molecule has 0 spiro atoms. The van der Waals surface area contributed by atoms with E-state index in [1.807, 2.05) is 45.6 Å². The Hall–Kier alpha value is -1.75. The summed E-state index contributed by atoms with van der Waals surface area (Å²) in [5, 5.41) is 3.03. The topological polar surface area (TPSA) is 58.6 Å². The summed E-state index contributed by atoms with van der Waals surface area (Å²) in [5.74, 6) is 1.04. The number of carbonyl (C=O) groups is 2. The van der Waals surface area contributed by atoms with Crippen LogP contribution in [0.2, 0.25) is 0 Å². The van der Waals surface area contributed by atoms with E-state index >= 15 is 0 Å². The number of aryl methyl sites for hydroxylation is 2. The van der Waals surface area contributed by atoms with E-state index in [1.165, 1.54) is 0 Å². The smallest absolute Gasteiger partial charge is 0.258 e. The van der Waals surface area contributed by atoms with Gasteiger partial charge in [0.05, 0.1) is 5.41 Å². The van der Waals surface area contributed by atoms with Crippen molar-refractivity contribution in [2.24, 2.45) is 5.41 Å². The van der Waals surface area contributed by atoms with Gasteiger partial charge >= 0.3 is 0 Å². The molecule has 1 aliphatic heterocycles. The second-order valence-corrected chi connectivity index (χ2v) is 8.36. The molecule has 1 saturated heterocycles. The minimum absolute atomic E-state index is 0.00353. The lowest BCUT2D eigenvalue weighted by Gasteiger charge is -2.36. The maximum absolute atomic E-state index is 12.5. The van der Waals surface area contributed by atoms with Crippen molar-refractivity contribution in [3.63, 3.8) is 0 Å². The molecule has 2 rings (SSSR count). The van der Waals surface area contributed by atoms with Crippen LogP contribution < -0.4 is 10.1 Å². The number of likely N-dealkylation sites (tertiary alicyclic amines) is 1. The Balaban J connectivity index is 1.82. The average Bonchev–Trinajstić information content (AvgIpc) is 2.65. The van der Waals surface area contributed by atoms with Gasteiger partial charge in [-0.2, -0.15) is 0 Å². The first-order valence-corrected chi connectivity index (χ1v) is 10.0. The average molecular weight is 395 g/mol. The van der Waals surface area contributed by atoms with Gasteiger partial charge in [-0.1, -0.05) is 12.1 Å². The van der Waals surface area contributed by atoms with E-state index in [1.54, 1.807) is 0 Å². The van der Waals surface area contributed by atoms with Gasteiger partial charge in [0, 0.05) is 25.0 Å². The van der Waals surface area contributed by atoms with E-state index < -0.39 is 5.41 Å². The van der Waals surface area contributed by atoms with Crippen molar-refractivity contribution in [2.45, 2.75) is 53.5 Å². The second-order valence-electron chi connectivity index (χ2n) is 8.09. The first kappa shape index (κ1) is 21.5. The fourth-order valence-electron chi connectivity index (χ4n) is 3.27. The number of hydrogen-bond donors (Lipinski definition) is 1. The Morgan fingerprint density at radius 1 is 1.19 bits per heavy atom. The van der Waals surface area contributed by atoms with Crippen molar-refractivity contribution in [3.8, 4) is 5.75 Å². The van der Waals surface area contributed by atoms with Crippen LogP contribution in [0.15, 0.2) is 12.1 Å². The predicted octanol–water partition coefficient (Wildman–Crippen LogP) is 3.36. The van der Waals surface area contributed by atoms with Crippen molar-refractivity contribution >= 4 is 23.4 Å². The van der Waals surface area contributed by atoms with Gasteiger partial charge in [-0.3, -0.25) is 9.59 Å². The molecule has 2 amide bonds. The zero-order valence-electron chi connectivity index (χ0n) is 17.0. The summed E-state index contributed by atoms with van der Waals surface area (Å²) in [6.07, 6.45) is 1.50. The van der Waals surface area contributed by atoms with Crippen molar-refractivity contribution in [3.05, 3.63) is 28.8 Å². The fourth-order valence-corrected chi connectivity index (χ4v) is 3.38. The molecule has 0 aliphatic carbocycles. The van der Waals surface area contributed by atoms with Gasteiger partial charge in [0.1, 0.15) is 5.75 Å². The fraction of sp³-hybridized carbons (Fsp3) is 0.619. The maximum atomic E-state index is 12.5. The lowest BCUT2D eigenvalue weighted by molar-refractivity contribution is -0.140. The number of piperidine rings is 1. The molecule has 0 unspecified atom stereocenters. The molecule has 27 heavy (non-hydrogen) atoms. The van der Waals surface area contributed by atoms with Crippen molar-refractivity contribution in [2.75, 3.05) is 25.6 Å². The predicted molar refractivity (Wildman–Crippen MR) is 108 cm³/mol. The highest BCUT2D eigenvalue weighted by molar-refractivity contribution is 6.19. The lowest BCUT2D eigenvalue weighted by Crippen LogP contribution is -2.50. The number of benzene rings is 1. The molecule has 1 aliphatic rings. The van der Waals surface area contributed by atoms with Crippen molar-refractivity contribution < 1.29 is 14.3 Å². The number of alkyl halides is 1. The Labute approximate surface area is 167 Å². The summed E-state index contributed by atoms with van der Waals surface area (Å²) >= 11 is 5.90. The lowest BCUT2D eigenvalue weighted by atomic mass is 9.92. The van der Waals surface area contributed by atoms with Gasteiger partial charge in [0.15, 0.2) is 6.61 Å². The van der Waals surface area contributed by atoms with E-state index in [4.69, 9.17) is 16.3 Å². The highest BCUT2D eigenvalue weighted by atomic mass is 35.5. The van der Waals surface area contributed by atoms with E-state index in [-0.39, 0.29) is 24.5 Å². The number of nitrogens with one attached hydrogen (secondary N) is 1. The van der Waals surface area contributed by atoms with Crippen LogP contribution in [0, 0.1) is 26.2 Å². The molecular formula is C21H31ClN2O3. The molecule has 5 nitrogen and oxygen atoms in total. The molecule has 1 aromatic carbocycles. The van der Waals surface area contributed by atoms with Crippen LogP contribution in [0.4, 0.5) is 0 Å². The first-order chi connectivity index (χ1) is 12.7. The summed E-state index contributed by atoms with van der Waals surface area (Å²) in [6.45, 7) is 11.0. The molecule has 1 N–H and O–H groups in total. The minimum atomic E-state index is -0.547. The summed E-state index contributed by atoms with van der Waals surface area (Å²) in [7, 11) is 0. The summed E-state index contributed by atoms with van der Waals surface area (Å²) in [4.78, 5) is 26.6. The van der Waals surface area contributed by atoms with E-state index in [9.17, 15) is 9.59 Å². The number of halogens is 1. The van der Waals surface area contributed by atoms with Crippen LogP contribution in [0.5, 0.6) is 5.75 Å². The Kier molecular flexibility index (Phi) is 7.15. The zero-order chi connectivity index (χ0) is 20.2. The monoisotopic (exact) mass is 394 g/mol. The van der Waals surface area contributed by atoms with Crippen LogP contribution in [-0.4, -0.2) is 48.3 Å². The summed E-state index contributed by atoms with van der Waals surface area (Å²) in [6, 6.07) is 4.13. The number of amides is 2. The normalized spacial score (nSPS) is 15.6. The molecule has 0 bridgehead atoms. The largest absolute Gasteiger partial charge is 0.483 e. The van der Waals surface area contributed by atoms with Crippen LogP contribution >= 0.6 is 11.6 Å². The Bertz CT molecular complexity index is 695. The van der Waals surface area contributed by atoms with Crippen LogP contribution in [-0.2, 0) is 9.59 Å². The molecular weight excluding hydrogens is 364 g/mol. The maximum Gasteiger partial charge on any atom is 0.258 e. The van der Waals surface area contributed by atoms with Gasteiger partial charge in [0.25, 0.3) is 5.91 Å². The minimum Gasteiger partial charge on any atom is -0.483 e. The number of nitrogens with zero attached hydrogens (tertiary/aromatic N) is 1. The molecule has 0 radical (unpaired) electrons. The summed E-state index contributed by atoms with van der Waals surface area (Å²) in [5.41, 5.74) is 2.69. The second kappa shape index (κ2) is 8.96. The van der Waals surface area contributed by atoms with Gasteiger partial charge in [0.2, 0.25) is 5.91 Å². The van der Waals surface area contributed by atoms with Crippen LogP contribution in [0.25, 0.3) is 0 Å². The molecule has 1 fully saturated rings. The highest BCUT2D eigenvalue weighted by Gasteiger charge is 2.33. The van der Waals surface area contributed by atoms with E-state index in [0.29, 0.717) is 19.0 Å². The van der Waals surface area contributed by atoms with Crippen molar-refractivity contribution in [1.29, 1.82) is 0 Å². The number of carbonyl (C=O) groups excluding carboxylic acids is 2. The number of hydrogen-bond acceptors (Lipinski definition) is 3. The van der Waals surface area contributed by atoms with E-state index in [2.05, 4.69) is 11.4 Å². The SMILES string of the molecule is Cc1ccc(C)c(OCC(=O)NC2CCN(C(=O)C(C)(C)CCl)CC2)c1C. The van der Waals surface area contributed by atoms with Gasteiger partial charge in [-0.15, -0.1) is 11.6 Å². The van der Waals surface area contributed by atoms with Crippen LogP contribution in [0.1, 0.15) is 43.4 Å².